The van der Waals surface area contributed by atoms with Crippen LogP contribution in [0.2, 0.25) is 0 Å². The Morgan fingerprint density at radius 1 is 1.24 bits per heavy atom. The number of nitrogens with one attached hydrogen (secondary N) is 1. The molecule has 2 aromatic heterocycles. The monoisotopic (exact) mass is 294 g/mol. The molecule has 4 nitrogen and oxygen atoms in total. The summed E-state index contributed by atoms with van der Waals surface area (Å²) in [6.45, 7) is 0. The van der Waals surface area contributed by atoms with E-state index in [9.17, 15) is 0 Å². The molecule has 0 spiro atoms. The van der Waals surface area contributed by atoms with Gasteiger partial charge in [-0.3, -0.25) is 0 Å². The molecular weight excluding hydrogens is 280 g/mol. The first-order valence-electron chi connectivity index (χ1n) is 6.10. The highest BCUT2D eigenvalue weighted by Gasteiger charge is 2.14. The first kappa shape index (κ1) is 11.0. The van der Waals surface area contributed by atoms with Crippen molar-refractivity contribution in [2.45, 2.75) is 38.1 Å². The van der Waals surface area contributed by atoms with Crippen molar-refractivity contribution < 1.29 is 0 Å². The van der Waals surface area contributed by atoms with Crippen molar-refractivity contribution in [3.63, 3.8) is 0 Å². The van der Waals surface area contributed by atoms with E-state index in [1.54, 1.807) is 4.52 Å². The quantitative estimate of drug-likeness (QED) is 0.925. The Bertz CT molecular complexity index is 516. The lowest BCUT2D eigenvalue weighted by Gasteiger charge is -2.21. The first-order chi connectivity index (χ1) is 8.31. The summed E-state index contributed by atoms with van der Waals surface area (Å²) in [5.41, 5.74) is 0.881. The maximum atomic E-state index is 4.47. The standard InChI is InChI=1S/C12H15BrN4/c13-9-6-7-11-15-12(16-17(11)8-9)14-10-4-2-1-3-5-10/h6-8,10H,1-5H2,(H,14,16). The molecule has 1 aliphatic rings. The molecule has 17 heavy (non-hydrogen) atoms. The second kappa shape index (κ2) is 4.64. The molecule has 0 atom stereocenters. The summed E-state index contributed by atoms with van der Waals surface area (Å²) in [6.07, 6.45) is 8.39. The zero-order valence-electron chi connectivity index (χ0n) is 9.56. The lowest BCUT2D eigenvalue weighted by Crippen LogP contribution is -2.22. The summed E-state index contributed by atoms with van der Waals surface area (Å²) in [7, 11) is 0. The zero-order chi connectivity index (χ0) is 11.7. The summed E-state index contributed by atoms with van der Waals surface area (Å²) < 4.78 is 2.81. The van der Waals surface area contributed by atoms with Crippen LogP contribution in [0.5, 0.6) is 0 Å². The van der Waals surface area contributed by atoms with Crippen LogP contribution in [0.25, 0.3) is 5.65 Å². The molecule has 1 saturated carbocycles. The Labute approximate surface area is 109 Å². The van der Waals surface area contributed by atoms with Crippen LogP contribution in [0.1, 0.15) is 32.1 Å². The number of rotatable bonds is 2. The molecule has 90 valence electrons. The smallest absolute Gasteiger partial charge is 0.243 e. The average Bonchev–Trinajstić information content (AvgIpc) is 2.71. The molecule has 0 aliphatic heterocycles. The largest absolute Gasteiger partial charge is 0.350 e. The topological polar surface area (TPSA) is 42.2 Å². The lowest BCUT2D eigenvalue weighted by molar-refractivity contribution is 0.461. The fraction of sp³-hybridized carbons (Fsp3) is 0.500. The van der Waals surface area contributed by atoms with Gasteiger partial charge in [0.25, 0.3) is 0 Å². The van der Waals surface area contributed by atoms with E-state index in [0.717, 1.165) is 16.1 Å². The van der Waals surface area contributed by atoms with Gasteiger partial charge in [0, 0.05) is 16.7 Å². The average molecular weight is 295 g/mol. The van der Waals surface area contributed by atoms with Crippen molar-refractivity contribution in [2.75, 3.05) is 5.32 Å². The fourth-order valence-corrected chi connectivity index (χ4v) is 2.67. The summed E-state index contributed by atoms with van der Waals surface area (Å²) in [5, 5.41) is 7.86. The van der Waals surface area contributed by atoms with Crippen LogP contribution in [0.15, 0.2) is 22.8 Å². The van der Waals surface area contributed by atoms with Gasteiger partial charge in [-0.1, -0.05) is 19.3 Å². The second-order valence-corrected chi connectivity index (χ2v) is 5.48. The van der Waals surface area contributed by atoms with Gasteiger partial charge in [-0.05, 0) is 40.9 Å². The van der Waals surface area contributed by atoms with Crippen molar-refractivity contribution in [1.82, 2.24) is 14.6 Å². The maximum Gasteiger partial charge on any atom is 0.243 e. The van der Waals surface area contributed by atoms with Gasteiger partial charge < -0.3 is 5.32 Å². The van der Waals surface area contributed by atoms with Crippen molar-refractivity contribution in [3.8, 4) is 0 Å². The normalized spacial score (nSPS) is 17.5. The Balaban J connectivity index is 1.80. The van der Waals surface area contributed by atoms with Gasteiger partial charge in [0.2, 0.25) is 5.95 Å². The molecule has 0 amide bonds. The Morgan fingerprint density at radius 3 is 2.88 bits per heavy atom. The molecule has 0 bridgehead atoms. The fourth-order valence-electron chi connectivity index (χ4n) is 2.35. The highest BCUT2D eigenvalue weighted by molar-refractivity contribution is 9.10. The number of nitrogens with zero attached hydrogens (tertiary/aromatic N) is 3. The van der Waals surface area contributed by atoms with Crippen LogP contribution in [-0.2, 0) is 0 Å². The highest BCUT2D eigenvalue weighted by Crippen LogP contribution is 2.20. The van der Waals surface area contributed by atoms with E-state index >= 15 is 0 Å². The Morgan fingerprint density at radius 2 is 2.06 bits per heavy atom. The molecule has 5 heteroatoms. The summed E-state index contributed by atoms with van der Waals surface area (Å²) in [5.74, 6) is 0.745. The predicted molar refractivity (Wildman–Crippen MR) is 71.2 cm³/mol. The van der Waals surface area contributed by atoms with Crippen molar-refractivity contribution in [2.24, 2.45) is 0 Å². The van der Waals surface area contributed by atoms with Crippen molar-refractivity contribution in [3.05, 3.63) is 22.8 Å². The number of halogens is 1. The molecule has 3 rings (SSSR count). The molecule has 0 aromatic carbocycles. The third-order valence-corrected chi connectivity index (χ3v) is 3.70. The maximum absolute atomic E-state index is 4.47. The number of aromatic nitrogens is 3. The minimum Gasteiger partial charge on any atom is -0.350 e. The van der Waals surface area contributed by atoms with Gasteiger partial charge in [0.1, 0.15) is 0 Å². The van der Waals surface area contributed by atoms with Crippen molar-refractivity contribution in [1.29, 1.82) is 0 Å². The third-order valence-electron chi connectivity index (χ3n) is 3.23. The molecule has 2 heterocycles. The first-order valence-corrected chi connectivity index (χ1v) is 6.89. The van der Waals surface area contributed by atoms with Crippen LogP contribution >= 0.6 is 15.9 Å². The van der Waals surface area contributed by atoms with E-state index in [0.29, 0.717) is 6.04 Å². The second-order valence-electron chi connectivity index (χ2n) is 4.56. The summed E-state index contributed by atoms with van der Waals surface area (Å²) in [4.78, 5) is 4.47. The number of anilines is 1. The minimum atomic E-state index is 0.546. The highest BCUT2D eigenvalue weighted by atomic mass is 79.9. The van der Waals surface area contributed by atoms with Gasteiger partial charge >= 0.3 is 0 Å². The molecule has 0 radical (unpaired) electrons. The van der Waals surface area contributed by atoms with Gasteiger partial charge in [0.05, 0.1) is 0 Å². The molecular formula is C12H15BrN4. The van der Waals surface area contributed by atoms with E-state index in [1.807, 2.05) is 18.3 Å². The van der Waals surface area contributed by atoms with Crippen LogP contribution in [0.3, 0.4) is 0 Å². The van der Waals surface area contributed by atoms with Crippen molar-refractivity contribution >= 4 is 27.5 Å². The molecule has 0 unspecified atom stereocenters. The van der Waals surface area contributed by atoms with Crippen LogP contribution in [0, 0.1) is 0 Å². The zero-order valence-corrected chi connectivity index (χ0v) is 11.2. The van der Waals surface area contributed by atoms with Crippen LogP contribution in [-0.4, -0.2) is 20.6 Å². The van der Waals surface area contributed by atoms with E-state index in [4.69, 9.17) is 0 Å². The van der Waals surface area contributed by atoms with Gasteiger partial charge in [0.15, 0.2) is 5.65 Å². The lowest BCUT2D eigenvalue weighted by atomic mass is 9.96. The Hall–Kier alpha value is -1.10. The van der Waals surface area contributed by atoms with E-state index < -0.39 is 0 Å². The van der Waals surface area contributed by atoms with E-state index in [-0.39, 0.29) is 0 Å². The molecule has 1 N–H and O–H groups in total. The van der Waals surface area contributed by atoms with Crippen LogP contribution < -0.4 is 5.32 Å². The Kier molecular flexibility index (Phi) is 3.01. The summed E-state index contributed by atoms with van der Waals surface area (Å²) >= 11 is 3.43. The third kappa shape index (κ3) is 2.44. The number of hydrogen-bond acceptors (Lipinski definition) is 3. The number of hydrogen-bond donors (Lipinski definition) is 1. The van der Waals surface area contributed by atoms with E-state index in [2.05, 4.69) is 31.3 Å². The minimum absolute atomic E-state index is 0.546. The molecule has 1 fully saturated rings. The molecule has 0 saturated heterocycles. The van der Waals surface area contributed by atoms with Gasteiger partial charge in [-0.25, -0.2) is 4.52 Å². The SMILES string of the molecule is Brc1ccc2nc(NC3CCCCC3)nn2c1. The summed E-state index contributed by atoms with van der Waals surface area (Å²) in [6, 6.07) is 4.49. The van der Waals surface area contributed by atoms with E-state index in [1.165, 1.54) is 32.1 Å². The predicted octanol–water partition coefficient (Wildman–Crippen LogP) is 3.24. The van der Waals surface area contributed by atoms with Gasteiger partial charge in [-0.2, -0.15) is 4.98 Å². The molecule has 1 aliphatic carbocycles. The van der Waals surface area contributed by atoms with Gasteiger partial charge in [-0.15, -0.1) is 5.10 Å². The van der Waals surface area contributed by atoms with Crippen LogP contribution in [0.4, 0.5) is 5.95 Å². The molecule has 2 aromatic rings. The number of pyridine rings is 1. The number of fused-ring (bicyclic) bond motifs is 1.